The van der Waals surface area contributed by atoms with E-state index >= 15 is 0 Å². The number of fused-ring (bicyclic) bond motifs is 1. The molecule has 0 heterocycles. The fourth-order valence-electron chi connectivity index (χ4n) is 2.38. The van der Waals surface area contributed by atoms with Crippen molar-refractivity contribution in [1.82, 2.24) is 0 Å². The Kier molecular flexibility index (Phi) is 31.7. The third-order valence-electron chi connectivity index (χ3n) is 3.90. The summed E-state index contributed by atoms with van der Waals surface area (Å²) >= 11 is 0. The van der Waals surface area contributed by atoms with Crippen LogP contribution in [0.25, 0.3) is 10.8 Å². The van der Waals surface area contributed by atoms with E-state index in [0.717, 1.165) is 6.42 Å². The molecule has 0 bridgehead atoms. The average Bonchev–Trinajstić information content (AvgIpc) is 3.34. The molecule has 1 aliphatic rings. The molecule has 153 valence electrons. The molecule has 0 aliphatic heterocycles. The number of rotatable bonds is 4. The predicted octanol–water partition coefficient (Wildman–Crippen LogP) is 1.69. The topological polar surface area (TPSA) is 0 Å². The van der Waals surface area contributed by atoms with E-state index in [1.165, 1.54) is 42.0 Å². The molecule has 0 nitrogen and oxygen atoms in total. The zero-order valence-electron chi connectivity index (χ0n) is 18.1. The van der Waals surface area contributed by atoms with Crippen LogP contribution in [0.15, 0.2) is 60.2 Å². The van der Waals surface area contributed by atoms with Crippen LogP contribution < -0.4 is 24.8 Å². The van der Waals surface area contributed by atoms with Crippen molar-refractivity contribution >= 4 is 21.0 Å². The molecule has 0 spiro atoms. The molecule has 3 radical (unpaired) electrons. The number of benzene rings is 1. The molecule has 4 heteroatoms. The first kappa shape index (κ1) is 35.4. The van der Waals surface area contributed by atoms with E-state index in [1.54, 1.807) is 6.55 Å². The second-order valence-corrected chi connectivity index (χ2v) is 6.27. The Morgan fingerprint density at radius 3 is 1.96 bits per heavy atom. The van der Waals surface area contributed by atoms with E-state index in [4.69, 9.17) is 0 Å². The molecule has 0 saturated carbocycles. The third-order valence-corrected chi connectivity index (χ3v) is 3.90. The van der Waals surface area contributed by atoms with Crippen LogP contribution in [0.1, 0.15) is 59.8 Å². The molecule has 0 N–H and O–H groups in total. The Bertz CT molecular complexity index is 569. The monoisotopic (exact) mass is 511 g/mol. The van der Waals surface area contributed by atoms with Gasteiger partial charge in [-0.25, -0.2) is 6.08 Å². The van der Waals surface area contributed by atoms with Crippen molar-refractivity contribution in [3.05, 3.63) is 66.3 Å². The van der Waals surface area contributed by atoms with Gasteiger partial charge < -0.3 is 24.8 Å². The van der Waals surface area contributed by atoms with Crippen LogP contribution in [0.5, 0.6) is 0 Å². The number of unbranched alkanes of at least 4 members (excludes halogenated alkanes) is 3. The molecular weight excluding hydrogens is 478 g/mol. The standard InChI is InChI=1S/C9H7.C8H11.C6H14.CH3Si.2ClH.Zr/c1-2-5-9-7-3-6-8(9)4-1;1-7(2)8-5-3-4-6-8;1-3-5-6-4-2;1-2;;;/h1-7H;5-7H,3H2,1-2H3;3-6H2,1-2H3;1H3;2*1H;/q2*-1;;;;;+4/p-2. The SMILES string of the molecule is CC(C)C1=CC[C-]=C1.CCCCCC.C[Si].[Cl-].[Cl-].[Zr+4].c1ccc2[cH-]ccc2c1. The van der Waals surface area contributed by atoms with Gasteiger partial charge >= 0.3 is 26.2 Å². The molecule has 2 aromatic carbocycles. The van der Waals surface area contributed by atoms with Crippen molar-refractivity contribution in [2.45, 2.75) is 66.3 Å². The maximum atomic E-state index is 3.14. The summed E-state index contributed by atoms with van der Waals surface area (Å²) in [5, 5.41) is 2.66. The molecule has 3 rings (SSSR count). The molecule has 1 aliphatic carbocycles. The number of halogens is 2. The molecule has 0 saturated heterocycles. The van der Waals surface area contributed by atoms with Crippen LogP contribution in [0, 0.1) is 12.0 Å². The average molecular weight is 514 g/mol. The van der Waals surface area contributed by atoms with Gasteiger partial charge in [-0.1, -0.05) is 71.9 Å². The predicted molar refractivity (Wildman–Crippen MR) is 116 cm³/mol. The number of allylic oxidation sites excluding steroid dienone is 4. The molecule has 0 fully saturated rings. The molecule has 0 amide bonds. The molecule has 28 heavy (non-hydrogen) atoms. The zero-order valence-corrected chi connectivity index (χ0v) is 23.0. The van der Waals surface area contributed by atoms with Crippen molar-refractivity contribution in [3.8, 4) is 0 Å². The zero-order chi connectivity index (χ0) is 18.9. The van der Waals surface area contributed by atoms with Gasteiger partial charge in [0.1, 0.15) is 0 Å². The van der Waals surface area contributed by atoms with Crippen molar-refractivity contribution in [3.63, 3.8) is 0 Å². The van der Waals surface area contributed by atoms with Crippen molar-refractivity contribution in [2.75, 3.05) is 0 Å². The number of hydrogen-bond donors (Lipinski definition) is 0. The van der Waals surface area contributed by atoms with Crippen molar-refractivity contribution in [2.24, 2.45) is 5.92 Å². The first-order valence-electron chi connectivity index (χ1n) is 9.56. The Hall–Kier alpha value is -0.0100. The normalized spacial score (nSPS) is 10.5. The van der Waals surface area contributed by atoms with Gasteiger partial charge in [0.2, 0.25) is 0 Å². The van der Waals surface area contributed by atoms with Gasteiger partial charge in [0, 0.05) is 10.2 Å². The summed E-state index contributed by atoms with van der Waals surface area (Å²) in [6, 6.07) is 14.7. The first-order chi connectivity index (χ1) is 12.2. The minimum absolute atomic E-state index is 0. The summed E-state index contributed by atoms with van der Waals surface area (Å²) in [7, 11) is 2.97. The summed E-state index contributed by atoms with van der Waals surface area (Å²) < 4.78 is 0. The Labute approximate surface area is 209 Å². The fourth-order valence-corrected chi connectivity index (χ4v) is 2.38. The van der Waals surface area contributed by atoms with E-state index in [2.05, 4.69) is 98.6 Å². The Morgan fingerprint density at radius 1 is 1.00 bits per heavy atom. The van der Waals surface area contributed by atoms with Gasteiger partial charge in [0.15, 0.2) is 0 Å². The summed E-state index contributed by atoms with van der Waals surface area (Å²) in [6.45, 7) is 10.7. The maximum absolute atomic E-state index is 3.14. The van der Waals surface area contributed by atoms with Crippen LogP contribution in [0.3, 0.4) is 0 Å². The molecule has 0 unspecified atom stereocenters. The van der Waals surface area contributed by atoms with Crippen LogP contribution in [-0.2, 0) is 26.2 Å². The molecular formula is C24H35Cl2SiZr. The van der Waals surface area contributed by atoms with Crippen molar-refractivity contribution in [1.29, 1.82) is 0 Å². The van der Waals surface area contributed by atoms with Crippen LogP contribution in [0.2, 0.25) is 6.55 Å². The third kappa shape index (κ3) is 16.9. The molecule has 0 atom stereocenters. The summed E-state index contributed by atoms with van der Waals surface area (Å²) in [5.74, 6) is 0.685. The molecule has 0 aromatic heterocycles. The minimum Gasteiger partial charge on any atom is -1.00 e. The van der Waals surface area contributed by atoms with E-state index in [-0.39, 0.29) is 51.0 Å². The van der Waals surface area contributed by atoms with Crippen LogP contribution in [0.4, 0.5) is 0 Å². The summed E-state index contributed by atoms with van der Waals surface area (Å²) in [4.78, 5) is 0. The van der Waals surface area contributed by atoms with E-state index in [1.807, 2.05) is 0 Å². The first-order valence-corrected chi connectivity index (χ1v) is 10.6. The smallest absolute Gasteiger partial charge is 1.00 e. The number of hydrogen-bond acceptors (Lipinski definition) is 0. The fraction of sp³-hybridized carbons (Fsp3) is 0.458. The van der Waals surface area contributed by atoms with Gasteiger partial charge in [-0.2, -0.15) is 29.2 Å². The second kappa shape index (κ2) is 25.0. The van der Waals surface area contributed by atoms with Gasteiger partial charge in [0.25, 0.3) is 0 Å². The van der Waals surface area contributed by atoms with Gasteiger partial charge in [-0.05, 0) is 0 Å². The largest absolute Gasteiger partial charge is 4.00 e. The van der Waals surface area contributed by atoms with E-state index in [9.17, 15) is 0 Å². The quantitative estimate of drug-likeness (QED) is 0.332. The van der Waals surface area contributed by atoms with Crippen LogP contribution >= 0.6 is 0 Å². The minimum atomic E-state index is 0. The summed E-state index contributed by atoms with van der Waals surface area (Å²) in [5.41, 5.74) is 1.44. The maximum Gasteiger partial charge on any atom is 4.00 e. The second-order valence-electron chi connectivity index (χ2n) is 6.27. The van der Waals surface area contributed by atoms with Gasteiger partial charge in [-0.3, -0.25) is 6.08 Å². The van der Waals surface area contributed by atoms with Gasteiger partial charge in [0.05, 0.1) is 0 Å². The van der Waals surface area contributed by atoms with E-state index < -0.39 is 0 Å². The summed E-state index contributed by atoms with van der Waals surface area (Å²) in [6.07, 6.45) is 14.0. The van der Waals surface area contributed by atoms with E-state index in [0.29, 0.717) is 5.92 Å². The van der Waals surface area contributed by atoms with Gasteiger partial charge in [-0.15, -0.1) is 36.1 Å². The van der Waals surface area contributed by atoms with Crippen LogP contribution in [-0.4, -0.2) is 10.2 Å². The van der Waals surface area contributed by atoms with Crippen molar-refractivity contribution < 1.29 is 51.0 Å². The Balaban J connectivity index is -0.000000143. The Morgan fingerprint density at radius 2 is 1.57 bits per heavy atom. The molecule has 2 aromatic rings.